The van der Waals surface area contributed by atoms with Crippen LogP contribution < -0.4 is 10.2 Å². The summed E-state index contributed by atoms with van der Waals surface area (Å²) in [4.78, 5) is 18.6. The van der Waals surface area contributed by atoms with Gasteiger partial charge in [-0.25, -0.2) is 4.98 Å². The molecule has 0 unspecified atom stereocenters. The first-order valence-corrected chi connectivity index (χ1v) is 7.56. The minimum atomic E-state index is -0.0923. The van der Waals surface area contributed by atoms with Crippen molar-refractivity contribution in [3.05, 3.63) is 52.1 Å². The molecule has 0 saturated carbocycles. The Bertz CT molecular complexity index is 658. The number of aryl methyl sites for hydroxylation is 1. The lowest BCUT2D eigenvalue weighted by atomic mass is 10.1. The van der Waals surface area contributed by atoms with Crippen LogP contribution in [0, 0.1) is 6.92 Å². The lowest BCUT2D eigenvalue weighted by molar-refractivity contribution is 0.0993. The Labute approximate surface area is 133 Å². The molecule has 0 atom stereocenters. The molecule has 0 spiro atoms. The van der Waals surface area contributed by atoms with Crippen LogP contribution in [0.15, 0.2) is 41.0 Å². The van der Waals surface area contributed by atoms with Gasteiger partial charge in [0.15, 0.2) is 0 Å². The number of halogens is 1. The van der Waals surface area contributed by atoms with Crippen molar-refractivity contribution < 1.29 is 4.79 Å². The highest BCUT2D eigenvalue weighted by atomic mass is 79.9. The molecule has 1 amide bonds. The van der Waals surface area contributed by atoms with Crippen LogP contribution in [0.1, 0.15) is 22.8 Å². The first-order chi connectivity index (χ1) is 10.0. The van der Waals surface area contributed by atoms with Crippen molar-refractivity contribution in [2.45, 2.75) is 13.8 Å². The first kappa shape index (κ1) is 15.5. The highest BCUT2D eigenvalue weighted by molar-refractivity contribution is 9.10. The maximum absolute atomic E-state index is 12.7. The lowest BCUT2D eigenvalue weighted by Gasteiger charge is -2.19. The summed E-state index contributed by atoms with van der Waals surface area (Å²) in [5.74, 6) is 0.510. The second kappa shape index (κ2) is 6.72. The molecule has 2 rings (SSSR count). The van der Waals surface area contributed by atoms with Gasteiger partial charge in [-0.1, -0.05) is 12.1 Å². The summed E-state index contributed by atoms with van der Waals surface area (Å²) in [6.45, 7) is 4.69. The number of carbonyl (C=O) groups is 1. The molecule has 1 aromatic carbocycles. The van der Waals surface area contributed by atoms with Gasteiger partial charge in [-0.2, -0.15) is 0 Å². The standard InChI is InChI=1S/C16H18BrN3O/c1-4-18-15-14(9-12(17)10-19-15)16(21)20(3)13-7-5-6-11(2)8-13/h5-10H,4H2,1-3H3,(H,18,19). The molecule has 4 nitrogen and oxygen atoms in total. The van der Waals surface area contributed by atoms with Gasteiger partial charge in [-0.3, -0.25) is 4.79 Å². The van der Waals surface area contributed by atoms with E-state index in [1.807, 2.05) is 38.1 Å². The lowest BCUT2D eigenvalue weighted by Crippen LogP contribution is -2.27. The fraction of sp³-hybridized carbons (Fsp3) is 0.250. The maximum atomic E-state index is 12.7. The summed E-state index contributed by atoms with van der Waals surface area (Å²) in [6.07, 6.45) is 1.68. The smallest absolute Gasteiger partial charge is 0.261 e. The summed E-state index contributed by atoms with van der Waals surface area (Å²) in [5, 5.41) is 3.12. The predicted octanol–water partition coefficient (Wildman–Crippen LogP) is 3.86. The number of benzene rings is 1. The number of pyridine rings is 1. The van der Waals surface area contributed by atoms with Crippen molar-refractivity contribution in [1.82, 2.24) is 4.98 Å². The molecule has 0 fully saturated rings. The zero-order valence-electron chi connectivity index (χ0n) is 12.4. The highest BCUT2D eigenvalue weighted by Gasteiger charge is 2.18. The average molecular weight is 348 g/mol. The van der Waals surface area contributed by atoms with Crippen LogP contribution in [0.25, 0.3) is 0 Å². The number of hydrogen-bond donors (Lipinski definition) is 1. The first-order valence-electron chi connectivity index (χ1n) is 6.77. The van der Waals surface area contributed by atoms with Gasteiger partial charge in [0, 0.05) is 29.9 Å². The number of amides is 1. The van der Waals surface area contributed by atoms with Crippen LogP contribution in [-0.4, -0.2) is 24.5 Å². The van der Waals surface area contributed by atoms with Crippen LogP contribution >= 0.6 is 15.9 Å². The molecule has 1 aromatic heterocycles. The molecule has 110 valence electrons. The third-order valence-corrected chi connectivity index (χ3v) is 3.56. The Hall–Kier alpha value is -1.88. The molecule has 0 aliphatic rings. The molecule has 21 heavy (non-hydrogen) atoms. The predicted molar refractivity (Wildman–Crippen MR) is 90.0 cm³/mol. The Morgan fingerprint density at radius 2 is 2.14 bits per heavy atom. The summed E-state index contributed by atoms with van der Waals surface area (Å²) in [5.41, 5.74) is 2.53. The number of aromatic nitrogens is 1. The molecule has 0 aliphatic carbocycles. The largest absolute Gasteiger partial charge is 0.370 e. The van der Waals surface area contributed by atoms with Gasteiger partial charge in [-0.05, 0) is 53.5 Å². The van der Waals surface area contributed by atoms with E-state index in [9.17, 15) is 4.79 Å². The number of carbonyl (C=O) groups excluding carboxylic acids is 1. The molecular weight excluding hydrogens is 330 g/mol. The second-order valence-corrected chi connectivity index (χ2v) is 5.70. The third kappa shape index (κ3) is 3.61. The van der Waals surface area contributed by atoms with Crippen molar-refractivity contribution in [3.8, 4) is 0 Å². The van der Waals surface area contributed by atoms with Crippen molar-refractivity contribution in [2.24, 2.45) is 0 Å². The fourth-order valence-corrected chi connectivity index (χ4v) is 2.38. The second-order valence-electron chi connectivity index (χ2n) is 4.78. The van der Waals surface area contributed by atoms with Crippen molar-refractivity contribution in [3.63, 3.8) is 0 Å². The van der Waals surface area contributed by atoms with Crippen LogP contribution in [0.3, 0.4) is 0 Å². The van der Waals surface area contributed by atoms with Gasteiger partial charge in [0.1, 0.15) is 5.82 Å². The number of nitrogens with zero attached hydrogens (tertiary/aromatic N) is 2. The topological polar surface area (TPSA) is 45.2 Å². The maximum Gasteiger partial charge on any atom is 0.261 e. The van der Waals surface area contributed by atoms with E-state index in [0.717, 1.165) is 15.7 Å². The summed E-state index contributed by atoms with van der Waals surface area (Å²) in [6, 6.07) is 9.64. The summed E-state index contributed by atoms with van der Waals surface area (Å²) < 4.78 is 0.783. The molecule has 0 bridgehead atoms. The molecular formula is C16H18BrN3O. The van der Waals surface area contributed by atoms with E-state index in [1.165, 1.54) is 0 Å². The minimum Gasteiger partial charge on any atom is -0.370 e. The molecule has 1 N–H and O–H groups in total. The monoisotopic (exact) mass is 347 g/mol. The van der Waals surface area contributed by atoms with E-state index in [4.69, 9.17) is 0 Å². The third-order valence-electron chi connectivity index (χ3n) is 3.12. The van der Waals surface area contributed by atoms with E-state index in [0.29, 0.717) is 17.9 Å². The van der Waals surface area contributed by atoms with E-state index >= 15 is 0 Å². The van der Waals surface area contributed by atoms with Gasteiger partial charge in [0.05, 0.1) is 5.56 Å². The molecule has 2 aromatic rings. The quantitative estimate of drug-likeness (QED) is 0.913. The Kier molecular flexibility index (Phi) is 4.96. The number of hydrogen-bond acceptors (Lipinski definition) is 3. The van der Waals surface area contributed by atoms with Gasteiger partial charge in [-0.15, -0.1) is 0 Å². The Morgan fingerprint density at radius 3 is 2.81 bits per heavy atom. The van der Waals surface area contributed by atoms with E-state index < -0.39 is 0 Å². The fourth-order valence-electron chi connectivity index (χ4n) is 2.05. The normalized spacial score (nSPS) is 10.3. The highest BCUT2D eigenvalue weighted by Crippen LogP contribution is 2.22. The molecule has 5 heteroatoms. The summed E-state index contributed by atoms with van der Waals surface area (Å²) in [7, 11) is 1.77. The Morgan fingerprint density at radius 1 is 1.38 bits per heavy atom. The van der Waals surface area contributed by atoms with Gasteiger partial charge < -0.3 is 10.2 Å². The molecule has 1 heterocycles. The van der Waals surface area contributed by atoms with E-state index in [-0.39, 0.29) is 5.91 Å². The van der Waals surface area contributed by atoms with Crippen LogP contribution in [-0.2, 0) is 0 Å². The van der Waals surface area contributed by atoms with E-state index in [1.54, 1.807) is 24.2 Å². The molecule has 0 radical (unpaired) electrons. The van der Waals surface area contributed by atoms with Crippen LogP contribution in [0.5, 0.6) is 0 Å². The van der Waals surface area contributed by atoms with Crippen molar-refractivity contribution in [2.75, 3.05) is 23.8 Å². The average Bonchev–Trinajstić information content (AvgIpc) is 2.48. The number of anilines is 2. The van der Waals surface area contributed by atoms with Crippen LogP contribution in [0.4, 0.5) is 11.5 Å². The van der Waals surface area contributed by atoms with Gasteiger partial charge >= 0.3 is 0 Å². The van der Waals surface area contributed by atoms with Crippen molar-refractivity contribution >= 4 is 33.3 Å². The summed E-state index contributed by atoms with van der Waals surface area (Å²) >= 11 is 3.37. The SMILES string of the molecule is CCNc1ncc(Br)cc1C(=O)N(C)c1cccc(C)c1. The zero-order chi connectivity index (χ0) is 15.4. The zero-order valence-corrected chi connectivity index (χ0v) is 13.9. The van der Waals surface area contributed by atoms with Crippen molar-refractivity contribution in [1.29, 1.82) is 0 Å². The Balaban J connectivity index is 2.37. The molecule has 0 saturated heterocycles. The van der Waals surface area contributed by atoms with E-state index in [2.05, 4.69) is 26.2 Å². The van der Waals surface area contributed by atoms with Gasteiger partial charge in [0.2, 0.25) is 0 Å². The van der Waals surface area contributed by atoms with Gasteiger partial charge in [0.25, 0.3) is 5.91 Å². The minimum absolute atomic E-state index is 0.0923. The number of rotatable bonds is 4. The van der Waals surface area contributed by atoms with Crippen LogP contribution in [0.2, 0.25) is 0 Å². The molecule has 0 aliphatic heterocycles. The number of nitrogens with one attached hydrogen (secondary N) is 1.